The van der Waals surface area contributed by atoms with E-state index in [-0.39, 0.29) is 18.1 Å². The third-order valence-corrected chi connectivity index (χ3v) is 8.20. The van der Waals surface area contributed by atoms with E-state index in [4.69, 9.17) is 4.74 Å². The van der Waals surface area contributed by atoms with E-state index in [1.807, 2.05) is 26.8 Å². The van der Waals surface area contributed by atoms with Gasteiger partial charge in [0.05, 0.1) is 11.7 Å². The Morgan fingerprint density at radius 2 is 1.82 bits per heavy atom. The van der Waals surface area contributed by atoms with E-state index >= 15 is 0 Å². The van der Waals surface area contributed by atoms with Crippen LogP contribution in [0.2, 0.25) is 0 Å². The highest BCUT2D eigenvalue weighted by Gasteiger charge is 2.86. The minimum atomic E-state index is -1.72. The number of carbonyl (C=O) groups excluding carboxylic acids is 2. The number of aliphatic hydroxyl groups excluding tert-OH is 1. The molecule has 8 atom stereocenters. The lowest BCUT2D eigenvalue weighted by Crippen LogP contribution is -2.65. The molecule has 0 aromatic heterocycles. The molecule has 6 heteroatoms. The standard InChI is InChI=1S/C22H30O6/c1-10-7-14-16-19(5,6)22(16,28-13(4)23)18(25)12(3)21(14,27)15-8-11(2)17(24)20(15,26)9-10/h7-8,12,14-16,18,25-27H,9H2,1-6H3/t12-,14+,15-,16-,18-,20-,21-,22-/m1/s1. The Labute approximate surface area is 165 Å². The lowest BCUT2D eigenvalue weighted by Gasteiger charge is -2.52. The Morgan fingerprint density at radius 3 is 2.39 bits per heavy atom. The molecule has 0 bridgehead atoms. The predicted octanol–water partition coefficient (Wildman–Crippen LogP) is 1.53. The van der Waals surface area contributed by atoms with Crippen molar-refractivity contribution >= 4 is 11.8 Å². The van der Waals surface area contributed by atoms with E-state index in [9.17, 15) is 24.9 Å². The van der Waals surface area contributed by atoms with Gasteiger partial charge >= 0.3 is 5.97 Å². The van der Waals surface area contributed by atoms with Crippen LogP contribution in [0.5, 0.6) is 0 Å². The van der Waals surface area contributed by atoms with Crippen molar-refractivity contribution in [3.63, 3.8) is 0 Å². The molecule has 0 aromatic carbocycles. The smallest absolute Gasteiger partial charge is 0.303 e. The van der Waals surface area contributed by atoms with Crippen molar-refractivity contribution in [3.8, 4) is 0 Å². The van der Waals surface area contributed by atoms with Crippen molar-refractivity contribution < 1.29 is 29.6 Å². The summed E-state index contributed by atoms with van der Waals surface area (Å²) in [5.41, 5.74) is -3.65. The summed E-state index contributed by atoms with van der Waals surface area (Å²) < 4.78 is 5.73. The molecule has 0 heterocycles. The van der Waals surface area contributed by atoms with Crippen molar-refractivity contribution in [1.29, 1.82) is 0 Å². The Balaban J connectivity index is 1.93. The molecule has 0 saturated heterocycles. The summed E-state index contributed by atoms with van der Waals surface area (Å²) in [5.74, 6) is -3.17. The number of ether oxygens (including phenoxy) is 1. The number of hydrogen-bond acceptors (Lipinski definition) is 6. The molecule has 4 aliphatic carbocycles. The zero-order valence-electron chi connectivity index (χ0n) is 17.3. The first-order chi connectivity index (χ1) is 12.8. The number of Topliss-reactive ketones (excluding diaryl/α,β-unsaturated/α-hetero) is 1. The summed E-state index contributed by atoms with van der Waals surface area (Å²) in [5, 5.41) is 34.7. The lowest BCUT2D eigenvalue weighted by atomic mass is 9.59. The summed E-state index contributed by atoms with van der Waals surface area (Å²) in [6.45, 7) is 10.4. The highest BCUT2D eigenvalue weighted by molar-refractivity contribution is 6.04. The first-order valence-electron chi connectivity index (χ1n) is 9.99. The van der Waals surface area contributed by atoms with E-state index in [2.05, 4.69) is 0 Å². The third kappa shape index (κ3) is 1.94. The van der Waals surface area contributed by atoms with Gasteiger partial charge in [-0.25, -0.2) is 0 Å². The largest absolute Gasteiger partial charge is 0.456 e. The second kappa shape index (κ2) is 5.35. The molecular formula is C22H30O6. The molecule has 4 aliphatic rings. The molecular weight excluding hydrogens is 360 g/mol. The number of ketones is 1. The number of fused-ring (bicyclic) bond motifs is 5. The highest BCUT2D eigenvalue weighted by Crippen LogP contribution is 2.76. The van der Waals surface area contributed by atoms with Crippen molar-refractivity contribution in [3.05, 3.63) is 23.3 Å². The SMILES string of the molecule is CC(=O)O[C@@]12[C@H](O)[C@@H](C)[C@@]3(O)[C@@H](C=C(C)C[C@]4(O)C(=O)C(C)=C[C@@H]34)[C@@H]1C2(C)C. The number of aliphatic hydroxyl groups is 3. The molecule has 6 nitrogen and oxygen atoms in total. The van der Waals surface area contributed by atoms with Gasteiger partial charge in [-0.05, 0) is 19.4 Å². The van der Waals surface area contributed by atoms with Gasteiger partial charge in [0.15, 0.2) is 5.78 Å². The molecule has 0 spiro atoms. The fraction of sp³-hybridized carbons (Fsp3) is 0.727. The molecule has 28 heavy (non-hydrogen) atoms. The second-order valence-corrected chi connectivity index (χ2v) is 10.0. The highest BCUT2D eigenvalue weighted by atomic mass is 16.6. The maximum Gasteiger partial charge on any atom is 0.303 e. The average Bonchev–Trinajstić information content (AvgIpc) is 3.00. The zero-order chi connectivity index (χ0) is 21.0. The molecule has 3 N–H and O–H groups in total. The van der Waals surface area contributed by atoms with Crippen LogP contribution in [-0.4, -0.2) is 50.0 Å². The predicted molar refractivity (Wildman–Crippen MR) is 101 cm³/mol. The fourth-order valence-corrected chi connectivity index (χ4v) is 6.93. The summed E-state index contributed by atoms with van der Waals surface area (Å²) in [7, 11) is 0. The Hall–Kier alpha value is -1.50. The molecule has 154 valence electrons. The van der Waals surface area contributed by atoms with Crippen LogP contribution in [0.15, 0.2) is 23.3 Å². The van der Waals surface area contributed by atoms with Crippen molar-refractivity contribution in [1.82, 2.24) is 0 Å². The molecule has 0 unspecified atom stereocenters. The summed E-state index contributed by atoms with van der Waals surface area (Å²) in [6.07, 6.45) is 2.61. The summed E-state index contributed by atoms with van der Waals surface area (Å²) in [4.78, 5) is 24.7. The minimum absolute atomic E-state index is 0.139. The number of esters is 1. The van der Waals surface area contributed by atoms with Crippen molar-refractivity contribution in [2.24, 2.45) is 29.1 Å². The normalized spacial score (nSPS) is 51.2. The second-order valence-electron chi connectivity index (χ2n) is 10.0. The Bertz CT molecular complexity index is 840. The molecule has 2 saturated carbocycles. The summed E-state index contributed by atoms with van der Waals surface area (Å²) in [6, 6.07) is 0. The van der Waals surface area contributed by atoms with E-state index < -0.39 is 52.0 Å². The maximum atomic E-state index is 12.8. The molecule has 0 aromatic rings. The molecule has 0 aliphatic heterocycles. The van der Waals surface area contributed by atoms with Crippen LogP contribution < -0.4 is 0 Å². The minimum Gasteiger partial charge on any atom is -0.456 e. The number of rotatable bonds is 1. The van der Waals surface area contributed by atoms with Crippen LogP contribution in [0.25, 0.3) is 0 Å². The van der Waals surface area contributed by atoms with E-state index in [0.717, 1.165) is 5.57 Å². The Morgan fingerprint density at radius 1 is 1.21 bits per heavy atom. The van der Waals surface area contributed by atoms with E-state index in [1.54, 1.807) is 19.9 Å². The molecule has 0 amide bonds. The van der Waals surface area contributed by atoms with Crippen LogP contribution in [0.3, 0.4) is 0 Å². The monoisotopic (exact) mass is 390 g/mol. The van der Waals surface area contributed by atoms with Gasteiger partial charge in [-0.15, -0.1) is 0 Å². The third-order valence-electron chi connectivity index (χ3n) is 8.20. The van der Waals surface area contributed by atoms with Crippen LogP contribution in [0.1, 0.15) is 48.0 Å². The quantitative estimate of drug-likeness (QED) is 0.463. The molecule has 4 rings (SSSR count). The van der Waals surface area contributed by atoms with Gasteiger partial charge in [-0.2, -0.15) is 0 Å². The molecule has 0 radical (unpaired) electrons. The van der Waals surface area contributed by atoms with Crippen LogP contribution in [-0.2, 0) is 14.3 Å². The zero-order valence-corrected chi connectivity index (χ0v) is 17.3. The Kier molecular flexibility index (Phi) is 3.78. The van der Waals surface area contributed by atoms with Crippen molar-refractivity contribution in [2.45, 2.75) is 70.9 Å². The van der Waals surface area contributed by atoms with Gasteiger partial charge in [0.1, 0.15) is 11.2 Å². The summed E-state index contributed by atoms with van der Waals surface area (Å²) >= 11 is 0. The average molecular weight is 390 g/mol. The van der Waals surface area contributed by atoms with Crippen LogP contribution >= 0.6 is 0 Å². The maximum absolute atomic E-state index is 12.8. The van der Waals surface area contributed by atoms with E-state index in [0.29, 0.717) is 5.57 Å². The van der Waals surface area contributed by atoms with E-state index in [1.165, 1.54) is 6.92 Å². The molecule has 2 fully saturated rings. The van der Waals surface area contributed by atoms with Gasteiger partial charge in [0, 0.05) is 42.4 Å². The van der Waals surface area contributed by atoms with Crippen molar-refractivity contribution in [2.75, 3.05) is 0 Å². The lowest BCUT2D eigenvalue weighted by molar-refractivity contribution is -0.218. The van der Waals surface area contributed by atoms with Crippen LogP contribution in [0.4, 0.5) is 0 Å². The fourth-order valence-electron chi connectivity index (χ4n) is 6.93. The van der Waals surface area contributed by atoms with Gasteiger partial charge < -0.3 is 20.1 Å². The van der Waals surface area contributed by atoms with Gasteiger partial charge in [0.25, 0.3) is 0 Å². The van der Waals surface area contributed by atoms with Gasteiger partial charge in [0.2, 0.25) is 0 Å². The van der Waals surface area contributed by atoms with Crippen LogP contribution in [0, 0.1) is 29.1 Å². The van der Waals surface area contributed by atoms with Gasteiger partial charge in [-0.3, -0.25) is 9.59 Å². The number of carbonyl (C=O) groups is 2. The van der Waals surface area contributed by atoms with Gasteiger partial charge in [-0.1, -0.05) is 38.5 Å². The number of hydrogen-bond donors (Lipinski definition) is 3. The first-order valence-corrected chi connectivity index (χ1v) is 9.99. The first kappa shape index (κ1) is 19.8. The topological polar surface area (TPSA) is 104 Å².